The van der Waals surface area contributed by atoms with Gasteiger partial charge in [-0.1, -0.05) is 36.0 Å². The molecule has 0 radical (unpaired) electrons. The Bertz CT molecular complexity index is 1250. The number of rotatable bonds is 4. The van der Waals surface area contributed by atoms with E-state index in [1.54, 1.807) is 17.7 Å². The maximum Gasteiger partial charge on any atom is 0.277 e. The summed E-state index contributed by atoms with van der Waals surface area (Å²) in [7, 11) is 1.71. The van der Waals surface area contributed by atoms with Crippen molar-refractivity contribution in [3.8, 4) is 11.5 Å². The van der Waals surface area contributed by atoms with Crippen LogP contribution in [0.2, 0.25) is 0 Å². The molecule has 4 aromatic rings. The predicted molar refractivity (Wildman–Crippen MR) is 106 cm³/mol. The van der Waals surface area contributed by atoms with Crippen molar-refractivity contribution < 1.29 is 13.9 Å². The van der Waals surface area contributed by atoms with Crippen LogP contribution in [0.15, 0.2) is 63.0 Å². The van der Waals surface area contributed by atoms with Crippen molar-refractivity contribution in [1.29, 1.82) is 0 Å². The third-order valence-electron chi connectivity index (χ3n) is 4.61. The van der Waals surface area contributed by atoms with Crippen LogP contribution in [0.25, 0.3) is 10.9 Å². The Balaban J connectivity index is 1.32. The average molecular weight is 408 g/mol. The molecule has 1 aliphatic rings. The van der Waals surface area contributed by atoms with E-state index in [1.165, 1.54) is 11.8 Å². The van der Waals surface area contributed by atoms with Crippen molar-refractivity contribution >= 4 is 22.7 Å². The maximum atomic E-state index is 12.5. The summed E-state index contributed by atoms with van der Waals surface area (Å²) in [6, 6.07) is 14.7. The highest BCUT2D eigenvalue weighted by Crippen LogP contribution is 2.36. The van der Waals surface area contributed by atoms with Gasteiger partial charge in [-0.3, -0.25) is 9.36 Å². The largest absolute Gasteiger partial charge is 0.485 e. The summed E-state index contributed by atoms with van der Waals surface area (Å²) in [6.07, 6.45) is -0.463. The Kier molecular flexibility index (Phi) is 4.44. The van der Waals surface area contributed by atoms with Gasteiger partial charge in [0.25, 0.3) is 16.7 Å². The standard InChI is InChI=1S/C20H16N4O4S/c1-24-17(21-13-7-3-2-6-12(13)19(24)25)11-29-20-23-22-18(28-20)16-10-26-14-8-4-5-9-15(14)27-16/h2-9,16H,10-11H2,1H3. The number of thioether (sulfide) groups is 1. The van der Waals surface area contributed by atoms with Crippen molar-refractivity contribution in [1.82, 2.24) is 19.7 Å². The highest BCUT2D eigenvalue weighted by atomic mass is 32.2. The summed E-state index contributed by atoms with van der Waals surface area (Å²) in [5.41, 5.74) is 0.590. The third-order valence-corrected chi connectivity index (χ3v) is 5.42. The number of nitrogens with zero attached hydrogens (tertiary/aromatic N) is 4. The Hall–Kier alpha value is -3.33. The Labute approximate surface area is 169 Å². The third kappa shape index (κ3) is 3.33. The van der Waals surface area contributed by atoms with E-state index < -0.39 is 6.10 Å². The minimum Gasteiger partial charge on any atom is -0.485 e. The Morgan fingerprint density at radius 1 is 1.10 bits per heavy atom. The van der Waals surface area contributed by atoms with E-state index in [9.17, 15) is 4.79 Å². The smallest absolute Gasteiger partial charge is 0.277 e. The summed E-state index contributed by atoms with van der Waals surface area (Å²) < 4.78 is 18.9. The molecule has 0 N–H and O–H groups in total. The first-order valence-electron chi connectivity index (χ1n) is 8.98. The van der Waals surface area contributed by atoms with Crippen LogP contribution in [-0.4, -0.2) is 26.4 Å². The topological polar surface area (TPSA) is 92.3 Å². The van der Waals surface area contributed by atoms with Crippen LogP contribution >= 0.6 is 11.8 Å². The Morgan fingerprint density at radius 2 is 1.90 bits per heavy atom. The lowest BCUT2D eigenvalue weighted by atomic mass is 10.2. The fourth-order valence-electron chi connectivity index (χ4n) is 3.07. The van der Waals surface area contributed by atoms with Gasteiger partial charge >= 0.3 is 0 Å². The van der Waals surface area contributed by atoms with Crippen LogP contribution in [-0.2, 0) is 12.8 Å². The summed E-state index contributed by atoms with van der Waals surface area (Å²) in [6.45, 7) is 0.296. The van der Waals surface area contributed by atoms with E-state index in [-0.39, 0.29) is 5.56 Å². The van der Waals surface area contributed by atoms with Gasteiger partial charge in [0.2, 0.25) is 6.10 Å². The van der Waals surface area contributed by atoms with E-state index in [0.717, 1.165) is 0 Å². The minimum absolute atomic E-state index is 0.0798. The zero-order valence-electron chi connectivity index (χ0n) is 15.4. The molecule has 146 valence electrons. The molecule has 1 aliphatic heterocycles. The number of aromatic nitrogens is 4. The normalized spacial score (nSPS) is 15.6. The van der Waals surface area contributed by atoms with Crippen LogP contribution in [0.5, 0.6) is 11.5 Å². The lowest BCUT2D eigenvalue weighted by molar-refractivity contribution is 0.0686. The molecule has 0 aliphatic carbocycles. The SMILES string of the molecule is Cn1c(CSc2nnc(C3COc4ccccc4O3)o2)nc2ccccc2c1=O. The molecule has 0 saturated heterocycles. The van der Waals surface area contributed by atoms with E-state index in [1.807, 2.05) is 42.5 Å². The van der Waals surface area contributed by atoms with Crippen LogP contribution in [0.4, 0.5) is 0 Å². The first-order chi connectivity index (χ1) is 14.2. The molecule has 2 aromatic heterocycles. The minimum atomic E-state index is -0.463. The molecular weight excluding hydrogens is 392 g/mol. The van der Waals surface area contributed by atoms with E-state index >= 15 is 0 Å². The molecule has 2 aromatic carbocycles. The number of fused-ring (bicyclic) bond motifs is 2. The lowest BCUT2D eigenvalue weighted by Gasteiger charge is -2.23. The molecule has 1 unspecified atom stereocenters. The zero-order chi connectivity index (χ0) is 19.8. The summed E-state index contributed by atoms with van der Waals surface area (Å²) in [4.78, 5) is 17.1. The lowest BCUT2D eigenvalue weighted by Crippen LogP contribution is -2.21. The van der Waals surface area contributed by atoms with Gasteiger partial charge in [0, 0.05) is 7.05 Å². The molecule has 29 heavy (non-hydrogen) atoms. The van der Waals surface area contributed by atoms with Gasteiger partial charge in [-0.05, 0) is 24.3 Å². The number of ether oxygens (including phenoxy) is 2. The maximum absolute atomic E-state index is 12.5. The van der Waals surface area contributed by atoms with Crippen LogP contribution < -0.4 is 15.0 Å². The molecule has 1 atom stereocenters. The van der Waals surface area contributed by atoms with Gasteiger partial charge < -0.3 is 13.9 Å². The second kappa shape index (κ2) is 7.25. The number of hydrogen-bond acceptors (Lipinski definition) is 8. The fourth-order valence-corrected chi connectivity index (χ4v) is 3.82. The molecular formula is C20H16N4O4S. The molecule has 0 fully saturated rings. The fraction of sp³-hybridized carbons (Fsp3) is 0.200. The highest BCUT2D eigenvalue weighted by Gasteiger charge is 2.27. The molecule has 0 amide bonds. The van der Waals surface area contributed by atoms with Crippen LogP contribution in [0.1, 0.15) is 17.8 Å². The van der Waals surface area contributed by atoms with Gasteiger partial charge in [0.1, 0.15) is 12.4 Å². The second-order valence-corrected chi connectivity index (χ2v) is 7.40. The number of hydrogen-bond donors (Lipinski definition) is 0. The highest BCUT2D eigenvalue weighted by molar-refractivity contribution is 7.98. The molecule has 0 bridgehead atoms. The molecule has 5 rings (SSSR count). The molecule has 9 heteroatoms. The summed E-state index contributed by atoms with van der Waals surface area (Å²) in [5.74, 6) is 2.74. The van der Waals surface area contributed by atoms with Crippen molar-refractivity contribution in [3.63, 3.8) is 0 Å². The molecule has 0 spiro atoms. The average Bonchev–Trinajstić information content (AvgIpc) is 3.24. The molecule has 0 saturated carbocycles. The van der Waals surface area contributed by atoms with Crippen LogP contribution in [0.3, 0.4) is 0 Å². The zero-order valence-corrected chi connectivity index (χ0v) is 16.3. The monoisotopic (exact) mass is 408 g/mol. The first kappa shape index (κ1) is 17.7. The van der Waals surface area contributed by atoms with Crippen molar-refractivity contribution in [2.24, 2.45) is 7.05 Å². The number of para-hydroxylation sites is 3. The second-order valence-electron chi connectivity index (χ2n) is 6.47. The predicted octanol–water partition coefficient (Wildman–Crippen LogP) is 3.12. The molecule has 3 heterocycles. The van der Waals surface area contributed by atoms with Gasteiger partial charge in [-0.2, -0.15) is 0 Å². The van der Waals surface area contributed by atoms with E-state index in [2.05, 4.69) is 15.2 Å². The van der Waals surface area contributed by atoms with E-state index in [4.69, 9.17) is 13.9 Å². The number of benzene rings is 2. The van der Waals surface area contributed by atoms with Gasteiger partial charge in [-0.25, -0.2) is 4.98 Å². The van der Waals surface area contributed by atoms with Crippen molar-refractivity contribution in [2.45, 2.75) is 17.1 Å². The molecule has 8 nitrogen and oxygen atoms in total. The van der Waals surface area contributed by atoms with E-state index in [0.29, 0.717) is 51.7 Å². The Morgan fingerprint density at radius 3 is 2.79 bits per heavy atom. The van der Waals surface area contributed by atoms with Crippen molar-refractivity contribution in [2.75, 3.05) is 6.61 Å². The first-order valence-corrected chi connectivity index (χ1v) is 9.97. The van der Waals surface area contributed by atoms with Gasteiger partial charge in [-0.15, -0.1) is 10.2 Å². The summed E-state index contributed by atoms with van der Waals surface area (Å²) >= 11 is 1.32. The van der Waals surface area contributed by atoms with Crippen molar-refractivity contribution in [3.05, 3.63) is 70.6 Å². The van der Waals surface area contributed by atoms with Crippen LogP contribution in [0, 0.1) is 0 Å². The quantitative estimate of drug-likeness (QED) is 0.476. The summed E-state index contributed by atoms with van der Waals surface area (Å²) in [5, 5.41) is 9.13. The van der Waals surface area contributed by atoms with Gasteiger partial charge in [0.15, 0.2) is 11.5 Å². The van der Waals surface area contributed by atoms with Gasteiger partial charge in [0.05, 0.1) is 16.7 Å².